The molecule has 3 aromatic rings. The fraction of sp³-hybridized carbons (Fsp3) is 0.323. The molecule has 1 fully saturated rings. The molecular weight excluding hydrogens is 516 g/mol. The average Bonchev–Trinajstić information content (AvgIpc) is 2.94. The highest BCUT2D eigenvalue weighted by Crippen LogP contribution is 2.46. The Bertz CT molecular complexity index is 1380. The molecule has 5 rings (SSSR count). The summed E-state index contributed by atoms with van der Waals surface area (Å²) < 4.78 is 0. The van der Waals surface area contributed by atoms with Crippen molar-refractivity contribution in [2.75, 3.05) is 6.54 Å². The topological polar surface area (TPSA) is 107 Å². The predicted octanol–water partition coefficient (Wildman–Crippen LogP) is 4.98. The standard InChI is InChI=1S/C31H31ClN2O5/c32-22-14-12-20(13-15-22)28-27(29(36)33-17-16-19-6-5-7-21(18-19)31(38)39)23-8-1-2-9-24(23)30(37)34(28)25-10-3-4-11-26(25)35/h1-2,5-9,12-15,18,25-28,35H,3-4,10-11,16-17H2,(H,33,36)(H,38,39)/t25-,26-,27+,28-/m0/s1. The van der Waals surface area contributed by atoms with Gasteiger partial charge in [0.2, 0.25) is 5.91 Å². The number of hydrogen-bond donors (Lipinski definition) is 3. The third-order valence-electron chi connectivity index (χ3n) is 7.81. The van der Waals surface area contributed by atoms with Crippen LogP contribution in [0.3, 0.4) is 0 Å². The van der Waals surface area contributed by atoms with E-state index >= 15 is 0 Å². The lowest BCUT2D eigenvalue weighted by Crippen LogP contribution is -2.55. The smallest absolute Gasteiger partial charge is 0.335 e. The minimum absolute atomic E-state index is 0.189. The number of carboxylic acid groups (broad SMARTS) is 1. The Morgan fingerprint density at radius 2 is 1.72 bits per heavy atom. The van der Waals surface area contributed by atoms with Crippen LogP contribution in [0.4, 0.5) is 0 Å². The Hall–Kier alpha value is -3.68. The Morgan fingerprint density at radius 1 is 0.974 bits per heavy atom. The number of carboxylic acids is 1. The van der Waals surface area contributed by atoms with E-state index in [4.69, 9.17) is 11.6 Å². The third kappa shape index (κ3) is 5.56. The summed E-state index contributed by atoms with van der Waals surface area (Å²) in [5, 5.41) is 23.9. The zero-order valence-electron chi connectivity index (χ0n) is 21.4. The largest absolute Gasteiger partial charge is 0.478 e. The van der Waals surface area contributed by atoms with Crippen LogP contribution < -0.4 is 5.32 Å². The molecule has 1 heterocycles. The summed E-state index contributed by atoms with van der Waals surface area (Å²) in [6.07, 6.45) is 2.84. The van der Waals surface area contributed by atoms with Gasteiger partial charge in [-0.15, -0.1) is 0 Å². The normalized spacial score (nSPS) is 22.7. The SMILES string of the molecule is O=C(O)c1cccc(CCNC(=O)[C@@H]2c3ccccc3C(=O)N([C@H]3CCCC[C@@H]3O)[C@H]2c2ccc(Cl)cc2)c1. The maximum absolute atomic E-state index is 14.0. The molecule has 3 aromatic carbocycles. The molecule has 2 aliphatic rings. The molecule has 2 amide bonds. The summed E-state index contributed by atoms with van der Waals surface area (Å²) in [5.74, 6) is -2.13. The molecule has 202 valence electrons. The molecule has 1 aliphatic carbocycles. The fourth-order valence-electron chi connectivity index (χ4n) is 5.93. The maximum Gasteiger partial charge on any atom is 0.335 e. The molecule has 3 N–H and O–H groups in total. The second kappa shape index (κ2) is 11.6. The summed E-state index contributed by atoms with van der Waals surface area (Å²) >= 11 is 6.19. The lowest BCUT2D eigenvalue weighted by molar-refractivity contribution is -0.125. The molecular formula is C31H31ClN2O5. The molecule has 39 heavy (non-hydrogen) atoms. The van der Waals surface area contributed by atoms with Crippen LogP contribution in [-0.2, 0) is 11.2 Å². The summed E-state index contributed by atoms with van der Waals surface area (Å²) in [4.78, 5) is 41.0. The van der Waals surface area contributed by atoms with Crippen molar-refractivity contribution in [3.8, 4) is 0 Å². The lowest BCUT2D eigenvalue weighted by Gasteiger charge is -2.48. The van der Waals surface area contributed by atoms with Gasteiger partial charge in [0.05, 0.1) is 29.7 Å². The van der Waals surface area contributed by atoms with Gasteiger partial charge >= 0.3 is 5.97 Å². The summed E-state index contributed by atoms with van der Waals surface area (Å²) in [6, 6.07) is 20.0. The van der Waals surface area contributed by atoms with E-state index in [-0.39, 0.29) is 17.4 Å². The highest BCUT2D eigenvalue weighted by molar-refractivity contribution is 6.30. The van der Waals surface area contributed by atoms with Crippen LogP contribution >= 0.6 is 11.6 Å². The van der Waals surface area contributed by atoms with E-state index in [0.717, 1.165) is 24.0 Å². The number of hydrogen-bond acceptors (Lipinski definition) is 4. The van der Waals surface area contributed by atoms with Gasteiger partial charge in [-0.3, -0.25) is 9.59 Å². The van der Waals surface area contributed by atoms with Crippen molar-refractivity contribution in [2.24, 2.45) is 0 Å². The first-order valence-corrected chi connectivity index (χ1v) is 13.7. The summed E-state index contributed by atoms with van der Waals surface area (Å²) in [5.41, 5.74) is 2.89. The van der Waals surface area contributed by atoms with E-state index in [9.17, 15) is 24.6 Å². The van der Waals surface area contributed by atoms with E-state index in [1.807, 2.05) is 30.3 Å². The molecule has 1 aliphatic heterocycles. The maximum atomic E-state index is 14.0. The number of carbonyl (C=O) groups is 3. The number of nitrogens with zero attached hydrogens (tertiary/aromatic N) is 1. The van der Waals surface area contributed by atoms with Crippen LogP contribution in [0.25, 0.3) is 0 Å². The van der Waals surface area contributed by atoms with Crippen molar-refractivity contribution in [1.82, 2.24) is 10.2 Å². The number of aliphatic hydroxyl groups excluding tert-OH is 1. The molecule has 0 unspecified atom stereocenters. The van der Waals surface area contributed by atoms with E-state index in [0.29, 0.717) is 42.0 Å². The predicted molar refractivity (Wildman–Crippen MR) is 148 cm³/mol. The number of benzene rings is 3. The number of amides is 2. The van der Waals surface area contributed by atoms with Gasteiger partial charge in [-0.2, -0.15) is 0 Å². The second-order valence-electron chi connectivity index (χ2n) is 10.2. The van der Waals surface area contributed by atoms with Crippen molar-refractivity contribution >= 4 is 29.4 Å². The molecule has 0 bridgehead atoms. The number of nitrogens with one attached hydrogen (secondary N) is 1. The van der Waals surface area contributed by atoms with Gasteiger partial charge in [-0.05, 0) is 66.3 Å². The van der Waals surface area contributed by atoms with Gasteiger partial charge < -0.3 is 20.4 Å². The monoisotopic (exact) mass is 546 g/mol. The van der Waals surface area contributed by atoms with E-state index in [1.54, 1.807) is 41.3 Å². The van der Waals surface area contributed by atoms with Crippen LogP contribution in [0.2, 0.25) is 5.02 Å². The third-order valence-corrected chi connectivity index (χ3v) is 8.06. The van der Waals surface area contributed by atoms with Gasteiger partial charge in [-0.25, -0.2) is 4.79 Å². The molecule has 0 radical (unpaired) electrons. The summed E-state index contributed by atoms with van der Waals surface area (Å²) in [6.45, 7) is 0.300. The molecule has 4 atom stereocenters. The molecule has 1 saturated carbocycles. The molecule has 7 nitrogen and oxygen atoms in total. The van der Waals surface area contributed by atoms with Crippen LogP contribution in [0.5, 0.6) is 0 Å². The Kier molecular flexibility index (Phi) is 8.00. The first-order valence-electron chi connectivity index (χ1n) is 13.3. The molecule has 8 heteroatoms. The van der Waals surface area contributed by atoms with Crippen molar-refractivity contribution in [2.45, 2.75) is 56.2 Å². The van der Waals surface area contributed by atoms with Crippen LogP contribution in [-0.4, -0.2) is 51.6 Å². The minimum Gasteiger partial charge on any atom is -0.478 e. The zero-order valence-corrected chi connectivity index (χ0v) is 22.2. The Labute approximate surface area is 232 Å². The number of aliphatic hydroxyl groups is 1. The van der Waals surface area contributed by atoms with Gasteiger partial charge in [0.15, 0.2) is 0 Å². The minimum atomic E-state index is -1.000. The Balaban J connectivity index is 1.50. The first kappa shape index (κ1) is 26.9. The van der Waals surface area contributed by atoms with Gasteiger partial charge in [0.25, 0.3) is 5.91 Å². The van der Waals surface area contributed by atoms with Gasteiger partial charge in [-0.1, -0.05) is 66.9 Å². The van der Waals surface area contributed by atoms with E-state index in [2.05, 4.69) is 5.32 Å². The number of carbonyl (C=O) groups excluding carboxylic acids is 2. The van der Waals surface area contributed by atoms with Crippen LogP contribution in [0.15, 0.2) is 72.8 Å². The van der Waals surface area contributed by atoms with Crippen molar-refractivity contribution in [3.63, 3.8) is 0 Å². The highest BCUT2D eigenvalue weighted by Gasteiger charge is 2.48. The zero-order chi connectivity index (χ0) is 27.5. The number of rotatable bonds is 7. The molecule has 0 spiro atoms. The number of fused-ring (bicyclic) bond motifs is 1. The van der Waals surface area contributed by atoms with E-state index < -0.39 is 30.1 Å². The quantitative estimate of drug-likeness (QED) is 0.387. The van der Waals surface area contributed by atoms with Crippen LogP contribution in [0.1, 0.15) is 75.0 Å². The Morgan fingerprint density at radius 3 is 2.46 bits per heavy atom. The van der Waals surface area contributed by atoms with Gasteiger partial charge in [0, 0.05) is 17.1 Å². The molecule has 0 saturated heterocycles. The van der Waals surface area contributed by atoms with E-state index in [1.165, 1.54) is 6.07 Å². The summed E-state index contributed by atoms with van der Waals surface area (Å²) in [7, 11) is 0. The average molecular weight is 547 g/mol. The second-order valence-corrected chi connectivity index (χ2v) is 10.7. The van der Waals surface area contributed by atoms with Crippen molar-refractivity contribution < 1.29 is 24.6 Å². The number of halogens is 1. The van der Waals surface area contributed by atoms with Crippen molar-refractivity contribution in [3.05, 3.63) is 106 Å². The van der Waals surface area contributed by atoms with Crippen LogP contribution in [0, 0.1) is 0 Å². The number of aromatic carboxylic acids is 1. The van der Waals surface area contributed by atoms with Crippen molar-refractivity contribution in [1.29, 1.82) is 0 Å². The highest BCUT2D eigenvalue weighted by atomic mass is 35.5. The lowest BCUT2D eigenvalue weighted by atomic mass is 9.76. The molecule has 0 aromatic heterocycles. The fourth-order valence-corrected chi connectivity index (χ4v) is 6.06. The van der Waals surface area contributed by atoms with Gasteiger partial charge in [0.1, 0.15) is 0 Å². The first-order chi connectivity index (χ1) is 18.8.